The maximum absolute atomic E-state index is 12.4. The molecule has 1 aromatic heterocycles. The minimum Gasteiger partial charge on any atom is -0.322 e. The van der Waals surface area contributed by atoms with Gasteiger partial charge in [0.15, 0.2) is 0 Å². The third-order valence-corrected chi connectivity index (χ3v) is 3.96. The van der Waals surface area contributed by atoms with Crippen LogP contribution in [0.2, 0.25) is 5.02 Å². The number of benzene rings is 2. The van der Waals surface area contributed by atoms with Crippen molar-refractivity contribution in [2.75, 3.05) is 5.32 Å². The highest BCUT2D eigenvalue weighted by Crippen LogP contribution is 2.21. The number of hydrogen-bond donors (Lipinski definition) is 1. The molecule has 122 valence electrons. The van der Waals surface area contributed by atoms with Crippen molar-refractivity contribution in [3.05, 3.63) is 71.0 Å². The Labute approximate surface area is 145 Å². The van der Waals surface area contributed by atoms with Crippen LogP contribution in [0, 0.1) is 0 Å². The molecular formula is C18H17ClN4O. The summed E-state index contributed by atoms with van der Waals surface area (Å²) in [4.78, 5) is 12.4. The molecule has 2 aromatic carbocycles. The van der Waals surface area contributed by atoms with Crippen molar-refractivity contribution in [1.82, 2.24) is 15.0 Å². The zero-order valence-corrected chi connectivity index (χ0v) is 14.2. The Bertz CT molecular complexity index is 873. The number of anilines is 1. The van der Waals surface area contributed by atoms with E-state index in [-0.39, 0.29) is 5.91 Å². The van der Waals surface area contributed by atoms with E-state index in [1.54, 1.807) is 35.1 Å². The molecule has 0 atom stereocenters. The van der Waals surface area contributed by atoms with Gasteiger partial charge < -0.3 is 5.32 Å². The van der Waals surface area contributed by atoms with Crippen LogP contribution in [-0.2, 0) is 0 Å². The second-order valence-corrected chi connectivity index (χ2v) is 6.12. The van der Waals surface area contributed by atoms with E-state index in [0.29, 0.717) is 22.2 Å². The molecule has 0 saturated heterocycles. The van der Waals surface area contributed by atoms with Crippen LogP contribution in [-0.4, -0.2) is 20.9 Å². The monoisotopic (exact) mass is 340 g/mol. The van der Waals surface area contributed by atoms with Crippen molar-refractivity contribution in [2.24, 2.45) is 0 Å². The molecule has 0 radical (unpaired) electrons. The highest BCUT2D eigenvalue weighted by atomic mass is 35.5. The van der Waals surface area contributed by atoms with Gasteiger partial charge in [-0.3, -0.25) is 4.79 Å². The van der Waals surface area contributed by atoms with Gasteiger partial charge >= 0.3 is 0 Å². The molecule has 0 fully saturated rings. The quantitative estimate of drug-likeness (QED) is 0.770. The van der Waals surface area contributed by atoms with E-state index in [1.807, 2.05) is 24.3 Å². The topological polar surface area (TPSA) is 59.8 Å². The largest absolute Gasteiger partial charge is 0.322 e. The predicted molar refractivity (Wildman–Crippen MR) is 94.9 cm³/mol. The average molecular weight is 341 g/mol. The van der Waals surface area contributed by atoms with Crippen molar-refractivity contribution in [2.45, 2.75) is 19.8 Å². The molecule has 6 heteroatoms. The SMILES string of the molecule is CC(C)c1cnnn1-c1cccc(NC(=O)c2ccccc2Cl)c1. The molecule has 24 heavy (non-hydrogen) atoms. The van der Waals surface area contributed by atoms with E-state index in [4.69, 9.17) is 11.6 Å². The predicted octanol–water partition coefficient (Wildman–Crippen LogP) is 4.30. The molecule has 0 bridgehead atoms. The summed E-state index contributed by atoms with van der Waals surface area (Å²) in [7, 11) is 0. The molecule has 1 heterocycles. The Balaban J connectivity index is 1.87. The number of carbonyl (C=O) groups is 1. The zero-order chi connectivity index (χ0) is 17.1. The molecule has 0 saturated carbocycles. The van der Waals surface area contributed by atoms with Gasteiger partial charge in [0.2, 0.25) is 0 Å². The highest BCUT2D eigenvalue weighted by molar-refractivity contribution is 6.34. The van der Waals surface area contributed by atoms with E-state index in [9.17, 15) is 4.79 Å². The van der Waals surface area contributed by atoms with Crippen LogP contribution in [0.5, 0.6) is 0 Å². The molecule has 0 aliphatic heterocycles. The van der Waals surface area contributed by atoms with Crippen LogP contribution in [0.4, 0.5) is 5.69 Å². The van der Waals surface area contributed by atoms with E-state index in [0.717, 1.165) is 11.4 Å². The number of amides is 1. The number of nitrogens with one attached hydrogen (secondary N) is 1. The van der Waals surface area contributed by atoms with E-state index < -0.39 is 0 Å². The number of hydrogen-bond acceptors (Lipinski definition) is 3. The maximum atomic E-state index is 12.4. The minimum absolute atomic E-state index is 0.250. The van der Waals surface area contributed by atoms with Gasteiger partial charge in [0.25, 0.3) is 5.91 Å². The lowest BCUT2D eigenvalue weighted by atomic mass is 10.1. The van der Waals surface area contributed by atoms with Crippen LogP contribution < -0.4 is 5.32 Å². The van der Waals surface area contributed by atoms with Crippen LogP contribution in [0.1, 0.15) is 35.8 Å². The van der Waals surface area contributed by atoms with Gasteiger partial charge in [-0.2, -0.15) is 0 Å². The molecule has 1 N–H and O–H groups in total. The lowest BCUT2D eigenvalue weighted by Gasteiger charge is -2.11. The number of aromatic nitrogens is 3. The highest BCUT2D eigenvalue weighted by Gasteiger charge is 2.12. The second kappa shape index (κ2) is 6.84. The summed E-state index contributed by atoms with van der Waals surface area (Å²) in [6.07, 6.45) is 1.75. The van der Waals surface area contributed by atoms with E-state index in [2.05, 4.69) is 29.5 Å². The normalized spacial score (nSPS) is 10.8. The fourth-order valence-electron chi connectivity index (χ4n) is 2.40. The first-order valence-electron chi connectivity index (χ1n) is 7.63. The third kappa shape index (κ3) is 3.31. The number of carbonyl (C=O) groups excluding carboxylic acids is 1. The van der Waals surface area contributed by atoms with Gasteiger partial charge in [-0.25, -0.2) is 4.68 Å². The Morgan fingerprint density at radius 2 is 1.96 bits per heavy atom. The fraction of sp³-hybridized carbons (Fsp3) is 0.167. The van der Waals surface area contributed by atoms with Gasteiger partial charge in [-0.1, -0.05) is 48.9 Å². The molecule has 0 aliphatic carbocycles. The number of halogens is 1. The van der Waals surface area contributed by atoms with Gasteiger partial charge in [-0.05, 0) is 36.2 Å². The summed E-state index contributed by atoms with van der Waals surface area (Å²) in [6, 6.07) is 14.4. The lowest BCUT2D eigenvalue weighted by molar-refractivity contribution is 0.102. The molecule has 3 rings (SSSR count). The summed E-state index contributed by atoms with van der Waals surface area (Å²) in [5, 5.41) is 11.4. The average Bonchev–Trinajstić information content (AvgIpc) is 3.05. The molecule has 3 aromatic rings. The molecule has 0 spiro atoms. The second-order valence-electron chi connectivity index (χ2n) is 5.71. The van der Waals surface area contributed by atoms with Crippen molar-refractivity contribution in [3.63, 3.8) is 0 Å². The van der Waals surface area contributed by atoms with Crippen molar-refractivity contribution < 1.29 is 4.79 Å². The van der Waals surface area contributed by atoms with Crippen LogP contribution in [0.25, 0.3) is 5.69 Å². The summed E-state index contributed by atoms with van der Waals surface area (Å²) in [5.74, 6) is 0.0433. The van der Waals surface area contributed by atoms with Crippen molar-refractivity contribution in [3.8, 4) is 5.69 Å². The summed E-state index contributed by atoms with van der Waals surface area (Å²) in [6.45, 7) is 4.16. The molecular weight excluding hydrogens is 324 g/mol. The van der Waals surface area contributed by atoms with Gasteiger partial charge in [0.1, 0.15) is 0 Å². The Morgan fingerprint density at radius 3 is 2.71 bits per heavy atom. The minimum atomic E-state index is -0.250. The Morgan fingerprint density at radius 1 is 1.17 bits per heavy atom. The maximum Gasteiger partial charge on any atom is 0.257 e. The third-order valence-electron chi connectivity index (χ3n) is 3.63. The summed E-state index contributed by atoms with van der Waals surface area (Å²) >= 11 is 6.07. The van der Waals surface area contributed by atoms with Gasteiger partial charge in [0.05, 0.1) is 28.2 Å². The Kier molecular flexibility index (Phi) is 4.62. The van der Waals surface area contributed by atoms with Crippen molar-refractivity contribution in [1.29, 1.82) is 0 Å². The fourth-order valence-corrected chi connectivity index (χ4v) is 2.62. The summed E-state index contributed by atoms with van der Waals surface area (Å²) < 4.78 is 1.77. The first-order valence-corrected chi connectivity index (χ1v) is 8.01. The van der Waals surface area contributed by atoms with Crippen LogP contribution in [0.15, 0.2) is 54.7 Å². The van der Waals surface area contributed by atoms with Crippen LogP contribution in [0.3, 0.4) is 0 Å². The lowest BCUT2D eigenvalue weighted by Crippen LogP contribution is -2.13. The number of rotatable bonds is 4. The van der Waals surface area contributed by atoms with Gasteiger partial charge in [0, 0.05) is 5.69 Å². The molecule has 0 unspecified atom stereocenters. The molecule has 0 aliphatic rings. The first kappa shape index (κ1) is 16.2. The standard InChI is InChI=1S/C18H17ClN4O/c1-12(2)17-11-20-22-23(17)14-7-5-6-13(10-14)21-18(24)15-8-3-4-9-16(15)19/h3-12H,1-2H3,(H,21,24). The van der Waals surface area contributed by atoms with Crippen molar-refractivity contribution >= 4 is 23.2 Å². The molecule has 1 amide bonds. The Hall–Kier alpha value is -2.66. The molecule has 5 nitrogen and oxygen atoms in total. The smallest absolute Gasteiger partial charge is 0.257 e. The van der Waals surface area contributed by atoms with Crippen LogP contribution >= 0.6 is 11.6 Å². The van der Waals surface area contributed by atoms with E-state index >= 15 is 0 Å². The van der Waals surface area contributed by atoms with Gasteiger partial charge in [-0.15, -0.1) is 5.10 Å². The first-order chi connectivity index (χ1) is 11.6. The summed E-state index contributed by atoms with van der Waals surface area (Å²) in [5.41, 5.74) is 2.95. The zero-order valence-electron chi connectivity index (χ0n) is 13.4. The van der Waals surface area contributed by atoms with E-state index in [1.165, 1.54) is 0 Å². The number of nitrogens with zero attached hydrogens (tertiary/aromatic N) is 3.